The third kappa shape index (κ3) is 4.39. The van der Waals surface area contributed by atoms with Crippen molar-refractivity contribution in [3.63, 3.8) is 0 Å². The van der Waals surface area contributed by atoms with E-state index in [1.54, 1.807) is 25.1 Å². The van der Waals surface area contributed by atoms with E-state index in [2.05, 4.69) is 5.32 Å². The summed E-state index contributed by atoms with van der Waals surface area (Å²) in [5.41, 5.74) is 3.11. The normalized spacial score (nSPS) is 14.1. The lowest BCUT2D eigenvalue weighted by Gasteiger charge is -2.15. The van der Waals surface area contributed by atoms with Crippen molar-refractivity contribution in [1.29, 1.82) is 0 Å². The summed E-state index contributed by atoms with van der Waals surface area (Å²) in [6.07, 6.45) is 3.76. The highest BCUT2D eigenvalue weighted by atomic mass is 16.4. The Labute approximate surface area is 200 Å². The number of benzene rings is 2. The number of carboxylic acids is 1. The van der Waals surface area contributed by atoms with E-state index in [-0.39, 0.29) is 24.2 Å². The number of carbonyl (C=O) groups excluding carboxylic acids is 1. The molecule has 180 valence electrons. The van der Waals surface area contributed by atoms with Gasteiger partial charge >= 0.3 is 11.6 Å². The first-order valence-electron chi connectivity index (χ1n) is 11.6. The summed E-state index contributed by atoms with van der Waals surface area (Å²) in [6, 6.07) is 8.60. The van der Waals surface area contributed by atoms with Gasteiger partial charge in [-0.05, 0) is 55.5 Å². The Morgan fingerprint density at radius 3 is 2.49 bits per heavy atom. The number of hydrogen-bond acceptors (Lipinski definition) is 6. The van der Waals surface area contributed by atoms with E-state index in [9.17, 15) is 24.6 Å². The number of carboxylic acid groups (broad SMARTS) is 1. The van der Waals surface area contributed by atoms with E-state index >= 15 is 0 Å². The highest BCUT2D eigenvalue weighted by molar-refractivity contribution is 5.97. The maximum Gasteiger partial charge on any atom is 0.340 e. The standard InChI is InChI=1S/C27H25NO7/c1-14-18-11-20-17-4-2-3-5-22(17)34-24(20)13-23(18)35-27(33)19(14)12-25(30)28-21(26(31)32)10-15-6-8-16(29)9-7-15/h6-9,11,13,21,29H,2-5,10,12H2,1H3,(H,28,30)(H,31,32)/t21-/m1/s1. The second-order valence-electron chi connectivity index (χ2n) is 9.05. The Kier molecular flexibility index (Phi) is 5.80. The number of phenols is 1. The minimum Gasteiger partial charge on any atom is -0.508 e. The number of phenolic OH excluding ortho intramolecular Hbond substituents is 1. The van der Waals surface area contributed by atoms with Crippen molar-refractivity contribution >= 4 is 33.8 Å². The molecule has 8 nitrogen and oxygen atoms in total. The molecule has 1 amide bonds. The number of furan rings is 1. The summed E-state index contributed by atoms with van der Waals surface area (Å²) >= 11 is 0. The molecule has 1 aliphatic rings. The molecule has 2 heterocycles. The lowest BCUT2D eigenvalue weighted by Crippen LogP contribution is -2.43. The monoisotopic (exact) mass is 475 g/mol. The first-order valence-corrected chi connectivity index (χ1v) is 11.6. The zero-order chi connectivity index (χ0) is 24.7. The van der Waals surface area contributed by atoms with Gasteiger partial charge in [-0.2, -0.15) is 0 Å². The molecular weight excluding hydrogens is 450 g/mol. The molecule has 2 aromatic heterocycles. The van der Waals surface area contributed by atoms with Gasteiger partial charge in [-0.25, -0.2) is 9.59 Å². The van der Waals surface area contributed by atoms with Crippen molar-refractivity contribution in [3.8, 4) is 5.75 Å². The predicted molar refractivity (Wildman–Crippen MR) is 129 cm³/mol. The molecule has 8 heteroatoms. The summed E-state index contributed by atoms with van der Waals surface area (Å²) in [7, 11) is 0. The van der Waals surface area contributed by atoms with Gasteiger partial charge in [0.1, 0.15) is 28.7 Å². The number of rotatable bonds is 6. The molecule has 35 heavy (non-hydrogen) atoms. The largest absolute Gasteiger partial charge is 0.508 e. The molecule has 1 atom stereocenters. The fourth-order valence-corrected chi connectivity index (χ4v) is 4.82. The average molecular weight is 475 g/mol. The van der Waals surface area contributed by atoms with Crippen LogP contribution in [0.15, 0.2) is 50.0 Å². The highest BCUT2D eigenvalue weighted by Gasteiger charge is 2.24. The molecule has 4 aromatic rings. The van der Waals surface area contributed by atoms with Crippen LogP contribution in [-0.4, -0.2) is 28.1 Å². The topological polar surface area (TPSA) is 130 Å². The van der Waals surface area contributed by atoms with E-state index in [4.69, 9.17) is 8.83 Å². The van der Waals surface area contributed by atoms with Crippen LogP contribution in [0.5, 0.6) is 5.75 Å². The van der Waals surface area contributed by atoms with Crippen LogP contribution in [0.2, 0.25) is 0 Å². The minimum atomic E-state index is -1.19. The molecule has 5 rings (SSSR count). The maximum atomic E-state index is 12.8. The molecule has 0 spiro atoms. The van der Waals surface area contributed by atoms with Crippen molar-refractivity contribution in [2.24, 2.45) is 0 Å². The van der Waals surface area contributed by atoms with Gasteiger partial charge < -0.3 is 24.4 Å². The van der Waals surface area contributed by atoms with Crippen LogP contribution < -0.4 is 10.9 Å². The van der Waals surface area contributed by atoms with Crippen LogP contribution in [0.4, 0.5) is 0 Å². The van der Waals surface area contributed by atoms with Gasteiger partial charge in [-0.15, -0.1) is 0 Å². The molecule has 0 saturated carbocycles. The van der Waals surface area contributed by atoms with E-state index in [0.717, 1.165) is 42.2 Å². The highest BCUT2D eigenvalue weighted by Crippen LogP contribution is 2.35. The van der Waals surface area contributed by atoms with Gasteiger partial charge in [-0.3, -0.25) is 4.79 Å². The summed E-state index contributed by atoms with van der Waals surface area (Å²) in [5, 5.41) is 23.2. The average Bonchev–Trinajstić information content (AvgIpc) is 3.19. The van der Waals surface area contributed by atoms with E-state index in [0.29, 0.717) is 22.3 Å². The number of fused-ring (bicyclic) bond motifs is 4. The zero-order valence-corrected chi connectivity index (χ0v) is 19.2. The van der Waals surface area contributed by atoms with Gasteiger partial charge in [0.25, 0.3) is 0 Å². The number of carbonyl (C=O) groups is 2. The molecule has 0 unspecified atom stereocenters. The second kappa shape index (κ2) is 8.94. The van der Waals surface area contributed by atoms with Gasteiger partial charge in [0.05, 0.1) is 12.0 Å². The minimum absolute atomic E-state index is 0.0379. The molecule has 0 aliphatic heterocycles. The quantitative estimate of drug-likeness (QED) is 0.362. The fourth-order valence-electron chi connectivity index (χ4n) is 4.82. The van der Waals surface area contributed by atoms with E-state index in [1.165, 1.54) is 17.7 Å². The van der Waals surface area contributed by atoms with Crippen LogP contribution in [-0.2, 0) is 35.3 Å². The smallest absolute Gasteiger partial charge is 0.340 e. The third-order valence-corrected chi connectivity index (χ3v) is 6.71. The first-order chi connectivity index (χ1) is 16.8. The van der Waals surface area contributed by atoms with Crippen molar-refractivity contribution < 1.29 is 28.6 Å². The fraction of sp³-hybridized carbons (Fsp3) is 0.296. The second-order valence-corrected chi connectivity index (χ2v) is 9.05. The third-order valence-electron chi connectivity index (χ3n) is 6.71. The number of amides is 1. The van der Waals surface area contributed by atoms with Crippen molar-refractivity contribution in [1.82, 2.24) is 5.32 Å². The molecule has 0 fully saturated rings. The van der Waals surface area contributed by atoms with Gasteiger partial charge in [0.15, 0.2) is 0 Å². The predicted octanol–water partition coefficient (Wildman–Crippen LogP) is 3.79. The molecule has 0 saturated heterocycles. The lowest BCUT2D eigenvalue weighted by atomic mass is 9.94. The molecule has 0 radical (unpaired) electrons. The van der Waals surface area contributed by atoms with E-state index in [1.807, 2.05) is 6.07 Å². The Hall–Kier alpha value is -4.07. The van der Waals surface area contributed by atoms with Crippen LogP contribution >= 0.6 is 0 Å². The number of nitrogens with one attached hydrogen (secondary N) is 1. The van der Waals surface area contributed by atoms with E-state index < -0.39 is 23.5 Å². The van der Waals surface area contributed by atoms with Gasteiger partial charge in [-0.1, -0.05) is 12.1 Å². The van der Waals surface area contributed by atoms with Crippen LogP contribution in [0.3, 0.4) is 0 Å². The molecule has 0 bridgehead atoms. The summed E-state index contributed by atoms with van der Waals surface area (Å²) < 4.78 is 11.5. The number of hydrogen-bond donors (Lipinski definition) is 3. The Bertz CT molecular complexity index is 1510. The summed E-state index contributed by atoms with van der Waals surface area (Å²) in [5.74, 6) is -0.737. The van der Waals surface area contributed by atoms with Gasteiger partial charge in [0, 0.05) is 35.2 Å². The molecule has 3 N–H and O–H groups in total. The summed E-state index contributed by atoms with van der Waals surface area (Å²) in [6.45, 7) is 1.77. The number of aryl methyl sites for hydroxylation is 3. The SMILES string of the molecule is Cc1c(CC(=O)N[C@H](Cc2ccc(O)cc2)C(=O)O)c(=O)oc2cc3oc4c(c3cc12)CCCC4. The molecular formula is C27H25NO7. The van der Waals surface area contributed by atoms with Crippen molar-refractivity contribution in [2.75, 3.05) is 0 Å². The van der Waals surface area contributed by atoms with Crippen LogP contribution in [0, 0.1) is 6.92 Å². The number of aliphatic carboxylic acids is 1. The first kappa shape index (κ1) is 22.7. The Balaban J connectivity index is 1.42. The van der Waals surface area contributed by atoms with Crippen LogP contribution in [0.25, 0.3) is 21.9 Å². The van der Waals surface area contributed by atoms with Gasteiger partial charge in [0.2, 0.25) is 5.91 Å². The molecule has 2 aromatic carbocycles. The maximum absolute atomic E-state index is 12.8. The summed E-state index contributed by atoms with van der Waals surface area (Å²) in [4.78, 5) is 37.2. The van der Waals surface area contributed by atoms with Crippen LogP contribution in [0.1, 0.15) is 40.9 Å². The zero-order valence-electron chi connectivity index (χ0n) is 19.2. The Morgan fingerprint density at radius 2 is 1.74 bits per heavy atom. The molecule has 1 aliphatic carbocycles. The Morgan fingerprint density at radius 1 is 1.03 bits per heavy atom. The number of aromatic hydroxyl groups is 1. The van der Waals surface area contributed by atoms with Crippen molar-refractivity contribution in [2.45, 2.75) is 51.5 Å². The lowest BCUT2D eigenvalue weighted by molar-refractivity contribution is -0.141. The van der Waals surface area contributed by atoms with Crippen molar-refractivity contribution in [3.05, 3.63) is 74.8 Å².